The predicted molar refractivity (Wildman–Crippen MR) is 155 cm³/mol. The molecule has 1 heterocycles. The van der Waals surface area contributed by atoms with Gasteiger partial charge in [0.15, 0.2) is 0 Å². The minimum atomic E-state index is -0.607. The monoisotopic (exact) mass is 536 g/mol. The van der Waals surface area contributed by atoms with Gasteiger partial charge in [-0.05, 0) is 22.3 Å². The van der Waals surface area contributed by atoms with E-state index < -0.39 is 18.2 Å². The fourth-order valence-corrected chi connectivity index (χ4v) is 4.87. The van der Waals surface area contributed by atoms with Gasteiger partial charge in [-0.15, -0.1) is 0 Å². The lowest BCUT2D eigenvalue weighted by molar-refractivity contribution is -0.179. The molecule has 1 aliphatic heterocycles. The number of ether oxygens (including phenoxy) is 3. The van der Waals surface area contributed by atoms with Crippen molar-refractivity contribution in [1.82, 2.24) is 10.6 Å². The van der Waals surface area contributed by atoms with Gasteiger partial charge in [-0.25, -0.2) is 0 Å². The Kier molecular flexibility index (Phi) is 10.1. The van der Waals surface area contributed by atoms with Crippen molar-refractivity contribution in [3.63, 3.8) is 0 Å². The maximum absolute atomic E-state index is 13.5. The normalized spacial score (nSPS) is 20.6. The molecule has 0 spiro atoms. The first-order chi connectivity index (χ1) is 19.8. The molecule has 4 atom stereocenters. The van der Waals surface area contributed by atoms with Crippen LogP contribution < -0.4 is 10.6 Å². The van der Waals surface area contributed by atoms with Gasteiger partial charge in [-0.1, -0.05) is 121 Å². The van der Waals surface area contributed by atoms with Crippen molar-refractivity contribution in [3.05, 3.63) is 144 Å². The highest BCUT2D eigenvalue weighted by Gasteiger charge is 2.45. The van der Waals surface area contributed by atoms with E-state index in [1.807, 2.05) is 121 Å². The summed E-state index contributed by atoms with van der Waals surface area (Å²) in [5.41, 5.74) is 4.19. The molecule has 1 saturated heterocycles. The molecule has 6 heteroatoms. The highest BCUT2D eigenvalue weighted by molar-refractivity contribution is 5.82. The smallest absolute Gasteiger partial charge is 0.240 e. The summed E-state index contributed by atoms with van der Waals surface area (Å²) in [5, 5.41) is 6.50. The third-order valence-electron chi connectivity index (χ3n) is 7.03. The molecule has 206 valence electrons. The quantitative estimate of drug-likeness (QED) is 0.266. The van der Waals surface area contributed by atoms with E-state index >= 15 is 0 Å². The first-order valence-electron chi connectivity index (χ1n) is 13.8. The van der Waals surface area contributed by atoms with Gasteiger partial charge in [0.1, 0.15) is 18.2 Å². The van der Waals surface area contributed by atoms with Crippen LogP contribution in [0.15, 0.2) is 121 Å². The van der Waals surface area contributed by atoms with Crippen LogP contribution in [0, 0.1) is 0 Å². The van der Waals surface area contributed by atoms with E-state index in [2.05, 4.69) is 10.6 Å². The molecule has 0 aromatic heterocycles. The molecule has 2 N–H and O–H groups in total. The first kappa shape index (κ1) is 27.7. The van der Waals surface area contributed by atoms with E-state index in [1.54, 1.807) is 0 Å². The zero-order valence-electron chi connectivity index (χ0n) is 22.5. The van der Waals surface area contributed by atoms with E-state index in [0.717, 1.165) is 22.3 Å². The molecule has 5 rings (SSSR count). The van der Waals surface area contributed by atoms with Crippen LogP contribution in [-0.4, -0.2) is 36.8 Å². The molecule has 0 bridgehead atoms. The second kappa shape index (κ2) is 14.5. The lowest BCUT2D eigenvalue weighted by atomic mass is 9.94. The summed E-state index contributed by atoms with van der Waals surface area (Å²) in [4.78, 5) is 13.5. The molecule has 0 unspecified atom stereocenters. The standard InChI is InChI=1S/C34H36N2O4/c37-34(36-21-26-13-5-1-6-14-26)31-33(40-25-29-19-11-4-12-20-29)32(39-24-28-17-9-3-10-18-28)30(22-35-31)38-23-27-15-7-2-8-16-27/h1-20,30-33,35H,21-25H2,(H,36,37)/t30-,31-,32-,33+/m1/s1. The van der Waals surface area contributed by atoms with Gasteiger partial charge in [0, 0.05) is 13.1 Å². The molecule has 0 saturated carbocycles. The van der Waals surface area contributed by atoms with Gasteiger partial charge in [-0.3, -0.25) is 4.79 Å². The zero-order chi connectivity index (χ0) is 27.4. The number of amides is 1. The molecule has 1 amide bonds. The van der Waals surface area contributed by atoms with Crippen LogP contribution in [0.3, 0.4) is 0 Å². The average Bonchev–Trinajstić information content (AvgIpc) is 3.02. The number of rotatable bonds is 12. The predicted octanol–water partition coefficient (Wildman–Crippen LogP) is 5.03. The number of nitrogens with one attached hydrogen (secondary N) is 2. The van der Waals surface area contributed by atoms with Crippen molar-refractivity contribution >= 4 is 5.91 Å². The van der Waals surface area contributed by atoms with Crippen LogP contribution >= 0.6 is 0 Å². The Morgan fingerprint density at radius 1 is 0.600 bits per heavy atom. The molecule has 1 fully saturated rings. The minimum Gasteiger partial charge on any atom is -0.369 e. The third-order valence-corrected chi connectivity index (χ3v) is 7.03. The Morgan fingerprint density at radius 2 is 1.02 bits per heavy atom. The maximum atomic E-state index is 13.5. The summed E-state index contributed by atoms with van der Waals surface area (Å²) in [6.07, 6.45) is -1.36. The molecule has 0 radical (unpaired) electrons. The fraction of sp³-hybridized carbons (Fsp3) is 0.265. The number of hydrogen-bond acceptors (Lipinski definition) is 5. The van der Waals surface area contributed by atoms with Gasteiger partial charge in [0.25, 0.3) is 0 Å². The Morgan fingerprint density at radius 3 is 1.52 bits per heavy atom. The zero-order valence-corrected chi connectivity index (χ0v) is 22.5. The number of hydrogen-bond donors (Lipinski definition) is 2. The molecule has 1 aliphatic rings. The molecular formula is C34H36N2O4. The third kappa shape index (κ3) is 7.87. The van der Waals surface area contributed by atoms with Gasteiger partial charge >= 0.3 is 0 Å². The molecule has 40 heavy (non-hydrogen) atoms. The highest BCUT2D eigenvalue weighted by atomic mass is 16.6. The molecule has 0 aliphatic carbocycles. The van der Waals surface area contributed by atoms with Gasteiger partial charge in [0.2, 0.25) is 5.91 Å². The number of carbonyl (C=O) groups excluding carboxylic acids is 1. The Labute approximate surface area is 236 Å². The van der Waals surface area contributed by atoms with Crippen LogP contribution in [0.5, 0.6) is 0 Å². The van der Waals surface area contributed by atoms with Gasteiger partial charge < -0.3 is 24.8 Å². The summed E-state index contributed by atoms with van der Waals surface area (Å²) in [5.74, 6) is -0.128. The van der Waals surface area contributed by atoms with Gasteiger partial charge in [0.05, 0.1) is 25.9 Å². The number of piperidine rings is 1. The van der Waals surface area contributed by atoms with Gasteiger partial charge in [-0.2, -0.15) is 0 Å². The average molecular weight is 537 g/mol. The van der Waals surface area contributed by atoms with Crippen molar-refractivity contribution < 1.29 is 19.0 Å². The minimum absolute atomic E-state index is 0.128. The highest BCUT2D eigenvalue weighted by Crippen LogP contribution is 2.24. The molecule has 6 nitrogen and oxygen atoms in total. The van der Waals surface area contributed by atoms with E-state index in [9.17, 15) is 4.79 Å². The van der Waals surface area contributed by atoms with E-state index in [0.29, 0.717) is 32.9 Å². The fourth-order valence-electron chi connectivity index (χ4n) is 4.87. The summed E-state index contributed by atoms with van der Waals surface area (Å²) in [7, 11) is 0. The maximum Gasteiger partial charge on any atom is 0.240 e. The summed E-state index contributed by atoms with van der Waals surface area (Å²) in [6, 6.07) is 39.4. The van der Waals surface area contributed by atoms with E-state index in [4.69, 9.17) is 14.2 Å². The Hall–Kier alpha value is -3.81. The van der Waals surface area contributed by atoms with Crippen molar-refractivity contribution in [1.29, 1.82) is 0 Å². The van der Waals surface area contributed by atoms with Crippen LogP contribution in [0.1, 0.15) is 22.3 Å². The van der Waals surface area contributed by atoms with E-state index in [1.165, 1.54) is 0 Å². The lowest BCUT2D eigenvalue weighted by Gasteiger charge is -2.42. The molecule has 4 aromatic rings. The topological polar surface area (TPSA) is 68.8 Å². The summed E-state index contributed by atoms with van der Waals surface area (Å²) in [6.45, 7) is 2.08. The summed E-state index contributed by atoms with van der Waals surface area (Å²) >= 11 is 0. The summed E-state index contributed by atoms with van der Waals surface area (Å²) < 4.78 is 19.5. The van der Waals surface area contributed by atoms with Crippen LogP contribution in [0.25, 0.3) is 0 Å². The van der Waals surface area contributed by atoms with Crippen molar-refractivity contribution in [2.75, 3.05) is 6.54 Å². The van der Waals surface area contributed by atoms with Crippen molar-refractivity contribution in [2.24, 2.45) is 0 Å². The van der Waals surface area contributed by atoms with Crippen LogP contribution in [0.2, 0.25) is 0 Å². The number of carbonyl (C=O) groups is 1. The Balaban J connectivity index is 1.36. The van der Waals surface area contributed by atoms with E-state index in [-0.39, 0.29) is 12.0 Å². The second-order valence-electron chi connectivity index (χ2n) is 9.95. The van der Waals surface area contributed by atoms with Crippen molar-refractivity contribution in [3.8, 4) is 0 Å². The SMILES string of the molecule is O=C(NCc1ccccc1)[C@@H]1NC[C@@H](OCc2ccccc2)[C@@H](OCc2ccccc2)[C@H]1OCc1ccccc1. The second-order valence-corrected chi connectivity index (χ2v) is 9.95. The molecule has 4 aromatic carbocycles. The Bertz CT molecular complexity index is 1290. The first-order valence-corrected chi connectivity index (χ1v) is 13.8. The molecular weight excluding hydrogens is 500 g/mol. The lowest BCUT2D eigenvalue weighted by Crippen LogP contribution is -2.66. The van der Waals surface area contributed by atoms with Crippen LogP contribution in [-0.2, 0) is 45.4 Å². The van der Waals surface area contributed by atoms with Crippen molar-refractivity contribution in [2.45, 2.75) is 50.7 Å². The largest absolute Gasteiger partial charge is 0.369 e. The number of benzene rings is 4. The van der Waals surface area contributed by atoms with Crippen LogP contribution in [0.4, 0.5) is 0 Å².